The second kappa shape index (κ2) is 3.95. The predicted molar refractivity (Wildman–Crippen MR) is 42.0 cm³/mol. The zero-order chi connectivity index (χ0) is 9.84. The van der Waals surface area contributed by atoms with Crippen molar-refractivity contribution in [2.45, 2.75) is 6.61 Å². The van der Waals surface area contributed by atoms with Crippen LogP contribution in [0.3, 0.4) is 0 Å². The Kier molecular flexibility index (Phi) is 2.92. The van der Waals surface area contributed by atoms with Gasteiger partial charge in [-0.3, -0.25) is 4.79 Å². The summed E-state index contributed by atoms with van der Waals surface area (Å²) in [6.07, 6.45) is 0.219. The first kappa shape index (κ1) is 9.60. The second-order valence-corrected chi connectivity index (χ2v) is 2.32. The summed E-state index contributed by atoms with van der Waals surface area (Å²) in [6, 6.07) is 2.08. The number of carbonyl (C=O) groups is 1. The average molecular weight is 187 g/mol. The number of amides is 1. The summed E-state index contributed by atoms with van der Waals surface area (Å²) in [7, 11) is 0. The minimum absolute atomic E-state index is 0.131. The zero-order valence-corrected chi connectivity index (χ0v) is 6.55. The minimum atomic E-state index is -1.17. The highest BCUT2D eigenvalue weighted by atomic mass is 19.2. The van der Waals surface area contributed by atoms with E-state index in [9.17, 15) is 13.6 Å². The highest BCUT2D eigenvalue weighted by Gasteiger charge is 2.11. The van der Waals surface area contributed by atoms with Gasteiger partial charge in [0.25, 0.3) is 0 Å². The summed E-state index contributed by atoms with van der Waals surface area (Å²) in [5.74, 6) is -2.24. The largest absolute Gasteiger partial charge is 0.392 e. The Hall–Kier alpha value is -1.49. The summed E-state index contributed by atoms with van der Waals surface area (Å²) in [5, 5.41) is 10.7. The van der Waals surface area contributed by atoms with Crippen molar-refractivity contribution in [1.82, 2.24) is 0 Å². The van der Waals surface area contributed by atoms with E-state index in [1.54, 1.807) is 0 Å². The number of benzene rings is 1. The van der Waals surface area contributed by atoms with Gasteiger partial charge in [-0.15, -0.1) is 0 Å². The van der Waals surface area contributed by atoms with Crippen LogP contribution in [0.25, 0.3) is 0 Å². The van der Waals surface area contributed by atoms with Gasteiger partial charge >= 0.3 is 0 Å². The van der Waals surface area contributed by atoms with Gasteiger partial charge in [-0.25, -0.2) is 8.78 Å². The molecule has 0 atom stereocenters. The Morgan fingerprint density at radius 1 is 1.46 bits per heavy atom. The van der Waals surface area contributed by atoms with Crippen LogP contribution >= 0.6 is 0 Å². The van der Waals surface area contributed by atoms with Crippen LogP contribution in [0.15, 0.2) is 12.1 Å². The number of aliphatic hydroxyl groups is 1. The molecule has 0 saturated heterocycles. The molecule has 0 heterocycles. The number of anilines is 1. The molecule has 0 aliphatic heterocycles. The molecule has 0 bridgehead atoms. The van der Waals surface area contributed by atoms with Crippen LogP contribution in [0.5, 0.6) is 0 Å². The lowest BCUT2D eigenvalue weighted by Gasteiger charge is -2.06. The molecule has 5 heteroatoms. The second-order valence-electron chi connectivity index (χ2n) is 2.32. The molecular weight excluding hydrogens is 180 g/mol. The Labute approximate surface area is 73.0 Å². The first-order chi connectivity index (χ1) is 6.20. The molecule has 70 valence electrons. The van der Waals surface area contributed by atoms with E-state index in [0.29, 0.717) is 0 Å². The highest BCUT2D eigenvalue weighted by molar-refractivity contribution is 5.73. The molecule has 3 nitrogen and oxygen atoms in total. The van der Waals surface area contributed by atoms with Gasteiger partial charge in [0.2, 0.25) is 6.41 Å². The van der Waals surface area contributed by atoms with Crippen molar-refractivity contribution >= 4 is 12.1 Å². The summed E-state index contributed by atoms with van der Waals surface area (Å²) in [6.45, 7) is -0.465. The lowest BCUT2D eigenvalue weighted by atomic mass is 10.1. The average Bonchev–Trinajstić information content (AvgIpc) is 2.14. The molecule has 0 spiro atoms. The van der Waals surface area contributed by atoms with Gasteiger partial charge in [0.05, 0.1) is 12.3 Å². The highest BCUT2D eigenvalue weighted by Crippen LogP contribution is 2.21. The third kappa shape index (κ3) is 1.81. The van der Waals surface area contributed by atoms with Gasteiger partial charge in [-0.1, -0.05) is 6.07 Å². The zero-order valence-electron chi connectivity index (χ0n) is 6.55. The Balaban J connectivity index is 3.23. The molecule has 0 aliphatic carbocycles. The molecule has 0 unspecified atom stereocenters. The lowest BCUT2D eigenvalue weighted by molar-refractivity contribution is -0.105. The van der Waals surface area contributed by atoms with Crippen molar-refractivity contribution < 1.29 is 18.7 Å². The van der Waals surface area contributed by atoms with Crippen LogP contribution in [0.1, 0.15) is 5.56 Å². The third-order valence-corrected chi connectivity index (χ3v) is 1.55. The topological polar surface area (TPSA) is 49.3 Å². The van der Waals surface area contributed by atoms with Crippen molar-refractivity contribution in [2.75, 3.05) is 5.32 Å². The molecule has 0 aliphatic rings. The van der Waals surface area contributed by atoms with Crippen molar-refractivity contribution in [1.29, 1.82) is 0 Å². The fourth-order valence-electron chi connectivity index (χ4n) is 0.937. The van der Waals surface area contributed by atoms with E-state index in [1.165, 1.54) is 6.07 Å². The van der Waals surface area contributed by atoms with Gasteiger partial charge in [0, 0.05) is 5.56 Å². The maximum Gasteiger partial charge on any atom is 0.211 e. The van der Waals surface area contributed by atoms with Gasteiger partial charge in [0.15, 0.2) is 11.6 Å². The maximum absolute atomic E-state index is 12.9. The molecule has 13 heavy (non-hydrogen) atoms. The molecule has 0 radical (unpaired) electrons. The SMILES string of the molecule is O=CNc1c(CO)ccc(F)c1F. The fourth-order valence-corrected chi connectivity index (χ4v) is 0.937. The van der Waals surface area contributed by atoms with E-state index in [0.717, 1.165) is 6.07 Å². The van der Waals surface area contributed by atoms with E-state index in [4.69, 9.17) is 5.11 Å². The summed E-state index contributed by atoms with van der Waals surface area (Å²) < 4.78 is 25.5. The van der Waals surface area contributed by atoms with E-state index < -0.39 is 18.2 Å². The van der Waals surface area contributed by atoms with Crippen molar-refractivity contribution in [2.24, 2.45) is 0 Å². The van der Waals surface area contributed by atoms with Crippen molar-refractivity contribution in [3.05, 3.63) is 29.3 Å². The summed E-state index contributed by atoms with van der Waals surface area (Å²) in [4.78, 5) is 10.0. The van der Waals surface area contributed by atoms with E-state index in [2.05, 4.69) is 0 Å². The van der Waals surface area contributed by atoms with Crippen LogP contribution in [-0.2, 0) is 11.4 Å². The summed E-state index contributed by atoms with van der Waals surface area (Å²) in [5.41, 5.74) is -0.191. The van der Waals surface area contributed by atoms with E-state index >= 15 is 0 Å². The number of nitrogens with one attached hydrogen (secondary N) is 1. The number of carbonyl (C=O) groups excluding carboxylic acids is 1. The Bertz CT molecular complexity index is 328. The monoisotopic (exact) mass is 187 g/mol. The first-order valence-electron chi connectivity index (χ1n) is 3.48. The van der Waals surface area contributed by atoms with Crippen LogP contribution < -0.4 is 5.32 Å². The fraction of sp³-hybridized carbons (Fsp3) is 0.125. The Morgan fingerprint density at radius 3 is 2.69 bits per heavy atom. The number of aliphatic hydroxyl groups excluding tert-OH is 1. The van der Waals surface area contributed by atoms with Gasteiger partial charge in [0.1, 0.15) is 0 Å². The van der Waals surface area contributed by atoms with Gasteiger partial charge in [-0.05, 0) is 6.07 Å². The van der Waals surface area contributed by atoms with Gasteiger partial charge in [-0.2, -0.15) is 0 Å². The van der Waals surface area contributed by atoms with E-state index in [1.807, 2.05) is 5.32 Å². The van der Waals surface area contributed by atoms with Crippen LogP contribution in [0.4, 0.5) is 14.5 Å². The predicted octanol–water partition coefficient (Wildman–Crippen LogP) is 1.03. The number of hydrogen-bond acceptors (Lipinski definition) is 2. The standard InChI is InChI=1S/C8H7F2NO2/c9-6-2-1-5(3-12)8(7(6)10)11-4-13/h1-2,4,12H,3H2,(H,11,13). The number of hydrogen-bond donors (Lipinski definition) is 2. The molecule has 0 aromatic heterocycles. The summed E-state index contributed by atoms with van der Waals surface area (Å²) >= 11 is 0. The van der Waals surface area contributed by atoms with Crippen molar-refractivity contribution in [3.8, 4) is 0 Å². The third-order valence-electron chi connectivity index (χ3n) is 1.55. The smallest absolute Gasteiger partial charge is 0.211 e. The molecule has 1 aromatic rings. The molecule has 1 aromatic carbocycles. The molecule has 2 N–H and O–H groups in total. The minimum Gasteiger partial charge on any atom is -0.392 e. The number of rotatable bonds is 3. The Morgan fingerprint density at radius 2 is 2.15 bits per heavy atom. The molecular formula is C8H7F2NO2. The van der Waals surface area contributed by atoms with Crippen LogP contribution in [0, 0.1) is 11.6 Å². The maximum atomic E-state index is 12.9. The van der Waals surface area contributed by atoms with Gasteiger partial charge < -0.3 is 10.4 Å². The van der Waals surface area contributed by atoms with Crippen LogP contribution in [-0.4, -0.2) is 11.5 Å². The molecule has 1 rings (SSSR count). The molecule has 1 amide bonds. The normalized spacial score (nSPS) is 9.77. The molecule has 0 fully saturated rings. The molecule has 0 saturated carbocycles. The van der Waals surface area contributed by atoms with Crippen molar-refractivity contribution in [3.63, 3.8) is 0 Å². The lowest BCUT2D eigenvalue weighted by Crippen LogP contribution is -2.03. The quantitative estimate of drug-likeness (QED) is 0.694. The van der Waals surface area contributed by atoms with E-state index in [-0.39, 0.29) is 17.7 Å². The van der Waals surface area contributed by atoms with Crippen LogP contribution in [0.2, 0.25) is 0 Å². The number of halogens is 2. The first-order valence-corrected chi connectivity index (χ1v) is 3.48.